The van der Waals surface area contributed by atoms with Gasteiger partial charge < -0.3 is 14.5 Å². The van der Waals surface area contributed by atoms with E-state index in [1.807, 2.05) is 48.5 Å². The normalized spacial score (nSPS) is 13.9. The molecule has 9 heteroatoms. The topological polar surface area (TPSA) is 74.8 Å². The molecular formula is C28H27ClN4O3S. The minimum Gasteiger partial charge on any atom is -0.497 e. The molecule has 0 saturated carbocycles. The highest BCUT2D eigenvalue weighted by Crippen LogP contribution is 2.30. The fraction of sp³-hybridized carbons (Fsp3) is 0.179. The molecule has 190 valence electrons. The van der Waals surface area contributed by atoms with E-state index in [0.717, 1.165) is 48.7 Å². The third kappa shape index (κ3) is 5.65. The van der Waals surface area contributed by atoms with Crippen molar-refractivity contribution in [3.05, 3.63) is 96.1 Å². The summed E-state index contributed by atoms with van der Waals surface area (Å²) in [7, 11) is -2.13. The van der Waals surface area contributed by atoms with E-state index in [4.69, 9.17) is 16.3 Å². The number of nitrogens with one attached hydrogen (secondary N) is 1. The van der Waals surface area contributed by atoms with Gasteiger partial charge in [0.1, 0.15) is 11.6 Å². The lowest BCUT2D eigenvalue weighted by atomic mass is 10.1. The molecule has 1 aliphatic rings. The van der Waals surface area contributed by atoms with Gasteiger partial charge in [0.2, 0.25) is 0 Å². The summed E-state index contributed by atoms with van der Waals surface area (Å²) in [5, 5.41) is 0.398. The lowest BCUT2D eigenvalue weighted by molar-refractivity contribution is 0.414. The summed E-state index contributed by atoms with van der Waals surface area (Å²) in [6, 6.07) is 26.2. The lowest BCUT2D eigenvalue weighted by Crippen LogP contribution is -2.47. The summed E-state index contributed by atoms with van der Waals surface area (Å²) in [4.78, 5) is 9.06. The molecule has 0 atom stereocenters. The Morgan fingerprint density at radius 1 is 0.838 bits per heavy atom. The first-order valence-electron chi connectivity index (χ1n) is 11.9. The average Bonchev–Trinajstić information content (AvgIpc) is 2.94. The predicted molar refractivity (Wildman–Crippen MR) is 149 cm³/mol. The molecule has 1 saturated heterocycles. The van der Waals surface area contributed by atoms with Crippen LogP contribution in [-0.2, 0) is 10.0 Å². The summed E-state index contributed by atoms with van der Waals surface area (Å²) in [5.41, 5.74) is 3.39. The standard InChI is InChI=1S/C28H27ClN4O3S/c1-36-25-9-5-8-24(19-25)32-14-16-33(17-15-32)28-27(29)18-23(20-30-28)31-37(34,35)26-12-10-22(11-13-26)21-6-3-2-4-7-21/h2-13,18-20,31H,14-17H2,1H3. The van der Waals surface area contributed by atoms with Gasteiger partial charge in [-0.15, -0.1) is 0 Å². The molecule has 1 N–H and O–H groups in total. The maximum atomic E-state index is 13.0. The first-order valence-corrected chi connectivity index (χ1v) is 13.8. The van der Waals surface area contributed by atoms with E-state index in [9.17, 15) is 8.42 Å². The highest BCUT2D eigenvalue weighted by molar-refractivity contribution is 7.92. The summed E-state index contributed by atoms with van der Waals surface area (Å²) >= 11 is 6.55. The van der Waals surface area contributed by atoms with Gasteiger partial charge in [-0.2, -0.15) is 0 Å². The number of hydrogen-bond acceptors (Lipinski definition) is 6. The van der Waals surface area contributed by atoms with E-state index in [2.05, 4.69) is 25.6 Å². The number of hydrogen-bond donors (Lipinski definition) is 1. The number of ether oxygens (including phenoxy) is 1. The molecular weight excluding hydrogens is 508 g/mol. The second-order valence-electron chi connectivity index (χ2n) is 8.70. The van der Waals surface area contributed by atoms with Crippen molar-refractivity contribution >= 4 is 38.8 Å². The van der Waals surface area contributed by atoms with Crippen LogP contribution >= 0.6 is 11.6 Å². The zero-order valence-corrected chi connectivity index (χ0v) is 21.9. The van der Waals surface area contributed by atoms with Crippen molar-refractivity contribution in [3.63, 3.8) is 0 Å². The Labute approximate surface area is 222 Å². The maximum absolute atomic E-state index is 13.0. The van der Waals surface area contributed by atoms with Crippen molar-refractivity contribution in [2.45, 2.75) is 4.90 Å². The zero-order chi connectivity index (χ0) is 25.8. The number of nitrogens with zero attached hydrogens (tertiary/aromatic N) is 3. The van der Waals surface area contributed by atoms with Crippen molar-refractivity contribution in [1.29, 1.82) is 0 Å². The van der Waals surface area contributed by atoms with Crippen LogP contribution in [0.1, 0.15) is 0 Å². The van der Waals surface area contributed by atoms with Gasteiger partial charge in [0.05, 0.1) is 28.9 Å². The number of anilines is 3. The van der Waals surface area contributed by atoms with Crippen molar-refractivity contribution in [2.75, 3.05) is 47.8 Å². The second kappa shape index (κ2) is 10.7. The Balaban J connectivity index is 1.24. The highest BCUT2D eigenvalue weighted by Gasteiger charge is 2.22. The van der Waals surface area contributed by atoms with Crippen LogP contribution in [0.3, 0.4) is 0 Å². The summed E-state index contributed by atoms with van der Waals surface area (Å²) in [5.74, 6) is 1.47. The largest absolute Gasteiger partial charge is 0.497 e. The fourth-order valence-corrected chi connectivity index (χ4v) is 5.69. The smallest absolute Gasteiger partial charge is 0.261 e. The quantitative estimate of drug-likeness (QED) is 0.335. The van der Waals surface area contributed by atoms with Gasteiger partial charge in [0.15, 0.2) is 0 Å². The van der Waals surface area contributed by atoms with Crippen LogP contribution in [0.15, 0.2) is 96.0 Å². The molecule has 1 fully saturated rings. The minimum absolute atomic E-state index is 0.168. The van der Waals surface area contributed by atoms with Gasteiger partial charge in [-0.25, -0.2) is 13.4 Å². The van der Waals surface area contributed by atoms with Crippen molar-refractivity contribution < 1.29 is 13.2 Å². The van der Waals surface area contributed by atoms with Crippen molar-refractivity contribution in [1.82, 2.24) is 4.98 Å². The molecule has 0 unspecified atom stereocenters. The Bertz CT molecular complexity index is 1470. The monoisotopic (exact) mass is 534 g/mol. The Hall–Kier alpha value is -3.75. The van der Waals surface area contributed by atoms with Crippen molar-refractivity contribution in [2.24, 2.45) is 0 Å². The number of halogens is 1. The molecule has 0 radical (unpaired) electrons. The summed E-state index contributed by atoms with van der Waals surface area (Å²) in [6.45, 7) is 3.09. The molecule has 2 heterocycles. The minimum atomic E-state index is -3.79. The third-order valence-electron chi connectivity index (χ3n) is 6.34. The van der Waals surface area contributed by atoms with E-state index in [1.54, 1.807) is 37.4 Å². The average molecular weight is 535 g/mol. The Morgan fingerprint density at radius 3 is 2.19 bits per heavy atom. The van der Waals surface area contributed by atoms with Gasteiger partial charge in [0.25, 0.3) is 10.0 Å². The van der Waals surface area contributed by atoms with E-state index < -0.39 is 10.0 Å². The van der Waals surface area contributed by atoms with Crippen molar-refractivity contribution in [3.8, 4) is 16.9 Å². The Kier molecular flexibility index (Phi) is 7.21. The zero-order valence-electron chi connectivity index (χ0n) is 20.3. The first kappa shape index (κ1) is 24.9. The summed E-state index contributed by atoms with van der Waals surface area (Å²) < 4.78 is 33.8. The molecule has 3 aromatic carbocycles. The number of aromatic nitrogens is 1. The van der Waals surface area contributed by atoms with Gasteiger partial charge in [-0.3, -0.25) is 4.72 Å². The van der Waals surface area contributed by atoms with Crippen LogP contribution < -0.4 is 19.3 Å². The number of piperazine rings is 1. The lowest BCUT2D eigenvalue weighted by Gasteiger charge is -2.37. The van der Waals surface area contributed by atoms with E-state index >= 15 is 0 Å². The van der Waals surface area contributed by atoms with Crippen LogP contribution in [0.25, 0.3) is 11.1 Å². The van der Waals surface area contributed by atoms with Crippen LogP contribution in [-0.4, -0.2) is 46.7 Å². The van der Waals surface area contributed by atoms with Gasteiger partial charge in [-0.1, -0.05) is 60.1 Å². The third-order valence-corrected chi connectivity index (χ3v) is 8.02. The van der Waals surface area contributed by atoms with Crippen LogP contribution in [0, 0.1) is 0 Å². The number of pyridine rings is 1. The molecule has 37 heavy (non-hydrogen) atoms. The first-order chi connectivity index (χ1) is 17.9. The molecule has 5 rings (SSSR count). The maximum Gasteiger partial charge on any atom is 0.261 e. The molecule has 7 nitrogen and oxygen atoms in total. The molecule has 0 spiro atoms. The molecule has 4 aromatic rings. The fourth-order valence-electron chi connectivity index (χ4n) is 4.37. The molecule has 0 amide bonds. The van der Waals surface area contributed by atoms with Crippen LogP contribution in [0.2, 0.25) is 5.02 Å². The predicted octanol–water partition coefficient (Wildman–Crippen LogP) is 5.54. The SMILES string of the molecule is COc1cccc(N2CCN(c3ncc(NS(=O)(=O)c4ccc(-c5ccccc5)cc4)cc3Cl)CC2)c1. The molecule has 1 aromatic heterocycles. The summed E-state index contributed by atoms with van der Waals surface area (Å²) in [6.07, 6.45) is 1.51. The van der Waals surface area contributed by atoms with E-state index in [0.29, 0.717) is 16.5 Å². The van der Waals surface area contributed by atoms with Gasteiger partial charge >= 0.3 is 0 Å². The van der Waals surface area contributed by atoms with E-state index in [-0.39, 0.29) is 4.90 Å². The number of benzene rings is 3. The van der Waals surface area contributed by atoms with Crippen LogP contribution in [0.4, 0.5) is 17.2 Å². The molecule has 0 bridgehead atoms. The number of rotatable bonds is 7. The van der Waals surface area contributed by atoms with Crippen LogP contribution in [0.5, 0.6) is 5.75 Å². The van der Waals surface area contributed by atoms with Gasteiger partial charge in [0, 0.05) is 37.9 Å². The van der Waals surface area contributed by atoms with E-state index in [1.165, 1.54) is 6.20 Å². The molecule has 0 aliphatic carbocycles. The molecule has 1 aliphatic heterocycles. The number of methoxy groups -OCH3 is 1. The van der Waals surface area contributed by atoms with Gasteiger partial charge in [-0.05, 0) is 41.5 Å². The number of sulfonamides is 1. The second-order valence-corrected chi connectivity index (χ2v) is 10.8. The highest BCUT2D eigenvalue weighted by atomic mass is 35.5. The Morgan fingerprint density at radius 2 is 1.51 bits per heavy atom.